The molecule has 0 bridgehead atoms. The lowest BCUT2D eigenvalue weighted by Gasteiger charge is -2.08. The second-order valence-corrected chi connectivity index (χ2v) is 2.95. The van der Waals surface area contributed by atoms with Gasteiger partial charge >= 0.3 is 0 Å². The van der Waals surface area contributed by atoms with Crippen LogP contribution in [0.15, 0.2) is 12.2 Å². The molecule has 1 unspecified atom stereocenters. The molecule has 0 aromatic heterocycles. The summed E-state index contributed by atoms with van der Waals surface area (Å²) in [7, 11) is 0. The molecule has 0 aromatic rings. The predicted molar refractivity (Wildman–Crippen MR) is 53.3 cm³/mol. The van der Waals surface area contributed by atoms with Crippen molar-refractivity contribution >= 4 is 12.6 Å². The largest absolute Gasteiger partial charge is 0.374 e. The van der Waals surface area contributed by atoms with E-state index in [0.717, 1.165) is 18.8 Å². The van der Waals surface area contributed by atoms with Crippen molar-refractivity contribution in [3.63, 3.8) is 0 Å². The van der Waals surface area contributed by atoms with Crippen molar-refractivity contribution in [2.75, 3.05) is 12.4 Å². The van der Waals surface area contributed by atoms with Gasteiger partial charge in [0.05, 0.1) is 12.7 Å². The maximum Gasteiger partial charge on any atom is 0.0651 e. The summed E-state index contributed by atoms with van der Waals surface area (Å²) in [6, 6.07) is 0. The van der Waals surface area contributed by atoms with E-state index in [1.165, 1.54) is 6.42 Å². The average molecular weight is 174 g/mol. The number of hydrogen-bond donors (Lipinski definition) is 1. The van der Waals surface area contributed by atoms with Gasteiger partial charge in [-0.05, 0) is 13.3 Å². The maximum absolute atomic E-state index is 5.46. The molecule has 0 rings (SSSR count). The highest BCUT2D eigenvalue weighted by Gasteiger charge is 1.96. The lowest BCUT2D eigenvalue weighted by atomic mass is 10.2. The Kier molecular flexibility index (Phi) is 8.19. The Labute approximate surface area is 75.2 Å². The SMILES string of the molecule is CCCC(C)OC/C=C/CS. The molecule has 0 saturated carbocycles. The summed E-state index contributed by atoms with van der Waals surface area (Å²) in [6.07, 6.45) is 6.75. The molecule has 0 aliphatic carbocycles. The molecular formula is C9H18OS. The van der Waals surface area contributed by atoms with Gasteiger partial charge in [0.15, 0.2) is 0 Å². The van der Waals surface area contributed by atoms with E-state index < -0.39 is 0 Å². The van der Waals surface area contributed by atoms with Crippen molar-refractivity contribution in [3.8, 4) is 0 Å². The Bertz CT molecular complexity index is 102. The maximum atomic E-state index is 5.46. The molecule has 0 heterocycles. The second-order valence-electron chi connectivity index (χ2n) is 2.59. The first-order chi connectivity index (χ1) is 5.31. The van der Waals surface area contributed by atoms with E-state index in [0.29, 0.717) is 6.10 Å². The highest BCUT2D eigenvalue weighted by Crippen LogP contribution is 1.99. The second kappa shape index (κ2) is 8.15. The molecular weight excluding hydrogens is 156 g/mol. The molecule has 0 aromatic carbocycles. The van der Waals surface area contributed by atoms with Crippen molar-refractivity contribution in [2.24, 2.45) is 0 Å². The van der Waals surface area contributed by atoms with Crippen LogP contribution in [-0.4, -0.2) is 18.5 Å². The number of thiol groups is 1. The van der Waals surface area contributed by atoms with Gasteiger partial charge < -0.3 is 4.74 Å². The summed E-state index contributed by atoms with van der Waals surface area (Å²) in [5.74, 6) is 0.797. The van der Waals surface area contributed by atoms with Crippen LogP contribution < -0.4 is 0 Å². The molecule has 2 heteroatoms. The lowest BCUT2D eigenvalue weighted by molar-refractivity contribution is 0.0813. The molecule has 0 N–H and O–H groups in total. The zero-order chi connectivity index (χ0) is 8.53. The quantitative estimate of drug-likeness (QED) is 0.481. The highest BCUT2D eigenvalue weighted by molar-refractivity contribution is 7.80. The van der Waals surface area contributed by atoms with Crippen LogP contribution in [-0.2, 0) is 4.74 Å². The minimum atomic E-state index is 0.393. The highest BCUT2D eigenvalue weighted by atomic mass is 32.1. The first kappa shape index (κ1) is 11.1. The summed E-state index contributed by atoms with van der Waals surface area (Å²) >= 11 is 4.04. The van der Waals surface area contributed by atoms with Crippen LogP contribution in [0.5, 0.6) is 0 Å². The summed E-state index contributed by atoms with van der Waals surface area (Å²) in [5.41, 5.74) is 0. The Morgan fingerprint density at radius 3 is 2.73 bits per heavy atom. The molecule has 0 aliphatic heterocycles. The van der Waals surface area contributed by atoms with Crippen LogP contribution in [0.2, 0.25) is 0 Å². The van der Waals surface area contributed by atoms with Gasteiger partial charge in [0.25, 0.3) is 0 Å². The van der Waals surface area contributed by atoms with Gasteiger partial charge in [-0.25, -0.2) is 0 Å². The summed E-state index contributed by atoms with van der Waals surface area (Å²) in [6.45, 7) is 5.00. The summed E-state index contributed by atoms with van der Waals surface area (Å²) < 4.78 is 5.46. The third-order valence-corrected chi connectivity index (χ3v) is 1.66. The molecule has 0 radical (unpaired) electrons. The fraction of sp³-hybridized carbons (Fsp3) is 0.778. The Balaban J connectivity index is 3.16. The Hall–Kier alpha value is 0.0500. The fourth-order valence-corrected chi connectivity index (χ4v) is 1.00. The molecule has 0 fully saturated rings. The first-order valence-corrected chi connectivity index (χ1v) is 4.82. The summed E-state index contributed by atoms with van der Waals surface area (Å²) in [5, 5.41) is 0. The molecule has 0 aliphatic rings. The van der Waals surface area contributed by atoms with Gasteiger partial charge in [0.2, 0.25) is 0 Å². The van der Waals surface area contributed by atoms with Crippen LogP contribution in [0.4, 0.5) is 0 Å². The monoisotopic (exact) mass is 174 g/mol. The minimum absolute atomic E-state index is 0.393. The lowest BCUT2D eigenvalue weighted by Crippen LogP contribution is -2.07. The number of ether oxygens (including phenoxy) is 1. The minimum Gasteiger partial charge on any atom is -0.374 e. The summed E-state index contributed by atoms with van der Waals surface area (Å²) in [4.78, 5) is 0. The standard InChI is InChI=1S/C9H18OS/c1-3-6-9(2)10-7-4-5-8-11/h4-5,9,11H,3,6-8H2,1-2H3/b5-4+. The van der Waals surface area contributed by atoms with Gasteiger partial charge in [-0.1, -0.05) is 25.5 Å². The van der Waals surface area contributed by atoms with Crippen LogP contribution >= 0.6 is 12.6 Å². The number of rotatable bonds is 6. The van der Waals surface area contributed by atoms with E-state index in [2.05, 4.69) is 26.5 Å². The zero-order valence-electron chi connectivity index (χ0n) is 7.42. The van der Waals surface area contributed by atoms with E-state index in [9.17, 15) is 0 Å². The van der Waals surface area contributed by atoms with Gasteiger partial charge in [0.1, 0.15) is 0 Å². The van der Waals surface area contributed by atoms with Crippen LogP contribution in [0.3, 0.4) is 0 Å². The molecule has 0 amide bonds. The van der Waals surface area contributed by atoms with Gasteiger partial charge in [0, 0.05) is 5.75 Å². The van der Waals surface area contributed by atoms with E-state index in [1.54, 1.807) is 0 Å². The molecule has 0 saturated heterocycles. The topological polar surface area (TPSA) is 9.23 Å². The van der Waals surface area contributed by atoms with Crippen molar-refractivity contribution < 1.29 is 4.74 Å². The van der Waals surface area contributed by atoms with Crippen molar-refractivity contribution in [3.05, 3.63) is 12.2 Å². The molecule has 1 atom stereocenters. The third kappa shape index (κ3) is 7.95. The Morgan fingerprint density at radius 2 is 2.18 bits per heavy atom. The van der Waals surface area contributed by atoms with Crippen molar-refractivity contribution in [1.82, 2.24) is 0 Å². The predicted octanol–water partition coefficient (Wildman–Crippen LogP) is 2.68. The fourth-order valence-electron chi connectivity index (χ4n) is 0.852. The van der Waals surface area contributed by atoms with Gasteiger partial charge in [-0.3, -0.25) is 0 Å². The van der Waals surface area contributed by atoms with E-state index in [-0.39, 0.29) is 0 Å². The van der Waals surface area contributed by atoms with E-state index in [4.69, 9.17) is 4.74 Å². The van der Waals surface area contributed by atoms with E-state index >= 15 is 0 Å². The molecule has 1 nitrogen and oxygen atoms in total. The third-order valence-electron chi connectivity index (χ3n) is 1.44. The molecule has 0 spiro atoms. The smallest absolute Gasteiger partial charge is 0.0651 e. The van der Waals surface area contributed by atoms with Crippen LogP contribution in [0, 0.1) is 0 Å². The average Bonchev–Trinajstić information content (AvgIpc) is 1.99. The normalized spacial score (nSPS) is 14.1. The molecule has 11 heavy (non-hydrogen) atoms. The van der Waals surface area contributed by atoms with Crippen molar-refractivity contribution in [2.45, 2.75) is 32.8 Å². The van der Waals surface area contributed by atoms with Crippen LogP contribution in [0.25, 0.3) is 0 Å². The van der Waals surface area contributed by atoms with Crippen molar-refractivity contribution in [1.29, 1.82) is 0 Å². The van der Waals surface area contributed by atoms with E-state index in [1.807, 2.05) is 12.2 Å². The molecule has 66 valence electrons. The first-order valence-electron chi connectivity index (χ1n) is 4.18. The van der Waals surface area contributed by atoms with Crippen LogP contribution in [0.1, 0.15) is 26.7 Å². The van der Waals surface area contributed by atoms with Gasteiger partial charge in [-0.15, -0.1) is 0 Å². The number of hydrogen-bond acceptors (Lipinski definition) is 2. The Morgan fingerprint density at radius 1 is 1.45 bits per heavy atom. The van der Waals surface area contributed by atoms with Gasteiger partial charge in [-0.2, -0.15) is 12.6 Å². The zero-order valence-corrected chi connectivity index (χ0v) is 8.31.